The van der Waals surface area contributed by atoms with Crippen LogP contribution in [0.4, 0.5) is 4.39 Å². The molecule has 2 N–H and O–H groups in total. The number of hydrogen-bond donors (Lipinski definition) is 1. The van der Waals surface area contributed by atoms with Crippen molar-refractivity contribution in [2.75, 3.05) is 13.1 Å². The molecule has 4 heteroatoms. The maximum atomic E-state index is 13.8. The normalized spacial score (nSPS) is 23.5. The van der Waals surface area contributed by atoms with Crippen LogP contribution in [-0.4, -0.2) is 30.1 Å². The Morgan fingerprint density at radius 3 is 2.79 bits per heavy atom. The lowest BCUT2D eigenvalue weighted by Crippen LogP contribution is -2.35. The molecule has 1 aromatic carbocycles. The summed E-state index contributed by atoms with van der Waals surface area (Å²) in [6.07, 6.45) is 1.91. The number of benzene rings is 1. The first-order valence-corrected chi connectivity index (χ1v) is 7.70. The van der Waals surface area contributed by atoms with Crippen molar-refractivity contribution < 1.29 is 4.39 Å². The topological polar surface area (TPSA) is 29.3 Å². The van der Waals surface area contributed by atoms with Crippen molar-refractivity contribution >= 4 is 15.9 Å². The third-order valence-corrected chi connectivity index (χ3v) is 4.65. The predicted molar refractivity (Wildman–Crippen MR) is 80.6 cm³/mol. The molecule has 19 heavy (non-hydrogen) atoms. The zero-order valence-corrected chi connectivity index (χ0v) is 13.2. The summed E-state index contributed by atoms with van der Waals surface area (Å²) in [5.41, 5.74) is 6.75. The summed E-state index contributed by atoms with van der Waals surface area (Å²) < 4.78 is 14.6. The van der Waals surface area contributed by atoms with E-state index >= 15 is 0 Å². The summed E-state index contributed by atoms with van der Waals surface area (Å²) in [4.78, 5) is 2.43. The fourth-order valence-corrected chi connectivity index (χ4v) is 3.11. The Morgan fingerprint density at radius 2 is 2.21 bits per heavy atom. The minimum Gasteiger partial charge on any atom is -0.328 e. The van der Waals surface area contributed by atoms with E-state index in [-0.39, 0.29) is 11.9 Å². The molecule has 1 saturated heterocycles. The summed E-state index contributed by atoms with van der Waals surface area (Å²) in [6.45, 7) is 6.36. The van der Waals surface area contributed by atoms with E-state index in [1.54, 1.807) is 0 Å². The molecule has 3 atom stereocenters. The maximum Gasteiger partial charge on any atom is 0.127 e. The summed E-state index contributed by atoms with van der Waals surface area (Å²) >= 11 is 3.29. The second kappa shape index (κ2) is 6.33. The van der Waals surface area contributed by atoms with Crippen LogP contribution in [0.1, 0.15) is 25.8 Å². The highest BCUT2D eigenvalue weighted by atomic mass is 79.9. The van der Waals surface area contributed by atoms with Crippen molar-refractivity contribution in [3.05, 3.63) is 34.1 Å². The summed E-state index contributed by atoms with van der Waals surface area (Å²) in [7, 11) is 0. The van der Waals surface area contributed by atoms with Gasteiger partial charge in [-0.15, -0.1) is 0 Å². The highest BCUT2D eigenvalue weighted by molar-refractivity contribution is 9.10. The van der Waals surface area contributed by atoms with Gasteiger partial charge in [0, 0.05) is 23.1 Å². The SMILES string of the molecule is C[C@H](N)[C@H]1CCN([C@H](C)Cc2ccc(Br)cc2F)C1. The number of halogens is 2. The van der Waals surface area contributed by atoms with Gasteiger partial charge in [-0.05, 0) is 56.8 Å². The molecule has 0 saturated carbocycles. The Morgan fingerprint density at radius 1 is 1.47 bits per heavy atom. The van der Waals surface area contributed by atoms with Crippen molar-refractivity contribution in [3.63, 3.8) is 0 Å². The van der Waals surface area contributed by atoms with Crippen LogP contribution < -0.4 is 5.73 Å². The van der Waals surface area contributed by atoms with Gasteiger partial charge >= 0.3 is 0 Å². The molecule has 0 bridgehead atoms. The van der Waals surface area contributed by atoms with Gasteiger partial charge in [-0.1, -0.05) is 22.0 Å². The average molecular weight is 329 g/mol. The van der Waals surface area contributed by atoms with Crippen LogP contribution in [0.3, 0.4) is 0 Å². The summed E-state index contributed by atoms with van der Waals surface area (Å²) in [5.74, 6) is 0.460. The molecule has 1 aliphatic heterocycles. The monoisotopic (exact) mass is 328 g/mol. The van der Waals surface area contributed by atoms with E-state index in [9.17, 15) is 4.39 Å². The third-order valence-electron chi connectivity index (χ3n) is 4.15. The maximum absolute atomic E-state index is 13.8. The fraction of sp³-hybridized carbons (Fsp3) is 0.600. The second-order valence-corrected chi connectivity index (χ2v) is 6.61. The molecule has 0 spiro atoms. The van der Waals surface area contributed by atoms with E-state index in [1.165, 1.54) is 6.07 Å². The smallest absolute Gasteiger partial charge is 0.127 e. The quantitative estimate of drug-likeness (QED) is 0.919. The van der Waals surface area contributed by atoms with Crippen LogP contribution in [0.15, 0.2) is 22.7 Å². The Kier molecular flexibility index (Phi) is 4.98. The van der Waals surface area contributed by atoms with Gasteiger partial charge in [0.25, 0.3) is 0 Å². The second-order valence-electron chi connectivity index (χ2n) is 5.69. The molecule has 2 rings (SSSR count). The minimum atomic E-state index is -0.121. The predicted octanol–water partition coefficient (Wildman–Crippen LogP) is 3.19. The fourth-order valence-electron chi connectivity index (χ4n) is 2.78. The lowest BCUT2D eigenvalue weighted by molar-refractivity contribution is 0.242. The van der Waals surface area contributed by atoms with Gasteiger partial charge < -0.3 is 5.73 Å². The number of likely N-dealkylation sites (tertiary alicyclic amines) is 1. The molecule has 1 aliphatic rings. The van der Waals surface area contributed by atoms with Crippen molar-refractivity contribution in [2.45, 2.75) is 38.8 Å². The first kappa shape index (κ1) is 14.9. The van der Waals surface area contributed by atoms with Crippen LogP contribution in [0, 0.1) is 11.7 Å². The third kappa shape index (κ3) is 3.77. The van der Waals surface area contributed by atoms with Gasteiger partial charge in [-0.2, -0.15) is 0 Å². The van der Waals surface area contributed by atoms with Crippen molar-refractivity contribution in [1.29, 1.82) is 0 Å². The summed E-state index contributed by atoms with van der Waals surface area (Å²) in [5, 5.41) is 0. The molecule has 106 valence electrons. The lowest BCUT2D eigenvalue weighted by atomic mass is 10.0. The molecule has 2 nitrogen and oxygen atoms in total. The molecular weight excluding hydrogens is 307 g/mol. The standard InChI is InChI=1S/C15H22BrFN2/c1-10(19-6-5-13(9-19)11(2)18)7-12-3-4-14(16)8-15(12)17/h3-4,8,10-11,13H,5-7,9,18H2,1-2H3/t10-,11+,13+/m1/s1. The number of rotatable bonds is 4. The van der Waals surface area contributed by atoms with Crippen molar-refractivity contribution in [2.24, 2.45) is 11.7 Å². The molecule has 0 aromatic heterocycles. The van der Waals surface area contributed by atoms with Crippen LogP contribution in [0.25, 0.3) is 0 Å². The molecular formula is C15H22BrFN2. The molecule has 0 amide bonds. The number of hydrogen-bond acceptors (Lipinski definition) is 2. The Labute approximate surface area is 123 Å². The first-order valence-electron chi connectivity index (χ1n) is 6.91. The molecule has 1 aromatic rings. The minimum absolute atomic E-state index is 0.121. The zero-order valence-electron chi connectivity index (χ0n) is 11.6. The van der Waals surface area contributed by atoms with Gasteiger partial charge in [-0.25, -0.2) is 4.39 Å². The molecule has 0 unspecified atom stereocenters. The van der Waals surface area contributed by atoms with E-state index in [0.29, 0.717) is 12.0 Å². The van der Waals surface area contributed by atoms with E-state index in [4.69, 9.17) is 5.73 Å². The van der Waals surface area contributed by atoms with Crippen molar-refractivity contribution in [3.8, 4) is 0 Å². The lowest BCUT2D eigenvalue weighted by Gasteiger charge is -2.25. The van der Waals surface area contributed by atoms with Crippen LogP contribution in [0.5, 0.6) is 0 Å². The first-order chi connectivity index (χ1) is 8.97. The van der Waals surface area contributed by atoms with Gasteiger partial charge in [0.2, 0.25) is 0 Å². The van der Waals surface area contributed by atoms with Gasteiger partial charge in [0.15, 0.2) is 0 Å². The molecule has 1 heterocycles. The van der Waals surface area contributed by atoms with Gasteiger partial charge in [0.1, 0.15) is 5.82 Å². The van der Waals surface area contributed by atoms with Crippen LogP contribution >= 0.6 is 15.9 Å². The zero-order chi connectivity index (χ0) is 14.0. The van der Waals surface area contributed by atoms with E-state index < -0.39 is 0 Å². The Bertz CT molecular complexity index is 436. The Hall–Kier alpha value is -0.450. The van der Waals surface area contributed by atoms with Crippen molar-refractivity contribution in [1.82, 2.24) is 4.90 Å². The highest BCUT2D eigenvalue weighted by Crippen LogP contribution is 2.23. The van der Waals surface area contributed by atoms with E-state index in [2.05, 4.69) is 34.7 Å². The number of nitrogens with two attached hydrogens (primary N) is 1. The molecule has 0 radical (unpaired) electrons. The summed E-state index contributed by atoms with van der Waals surface area (Å²) in [6, 6.07) is 5.92. The molecule has 0 aliphatic carbocycles. The van der Waals surface area contributed by atoms with E-state index in [0.717, 1.165) is 36.0 Å². The number of nitrogens with zero attached hydrogens (tertiary/aromatic N) is 1. The molecule has 1 fully saturated rings. The van der Waals surface area contributed by atoms with Crippen LogP contribution in [0.2, 0.25) is 0 Å². The highest BCUT2D eigenvalue weighted by Gasteiger charge is 2.28. The van der Waals surface area contributed by atoms with Gasteiger partial charge in [0.05, 0.1) is 0 Å². The average Bonchev–Trinajstić information content (AvgIpc) is 2.82. The van der Waals surface area contributed by atoms with Gasteiger partial charge in [-0.3, -0.25) is 4.90 Å². The van der Waals surface area contributed by atoms with E-state index in [1.807, 2.05) is 12.1 Å². The largest absolute Gasteiger partial charge is 0.328 e. The van der Waals surface area contributed by atoms with Crippen LogP contribution in [-0.2, 0) is 6.42 Å². The Balaban J connectivity index is 1.96.